The van der Waals surface area contributed by atoms with Crippen LogP contribution in [0.1, 0.15) is 18.4 Å². The highest BCUT2D eigenvalue weighted by Crippen LogP contribution is 2.33. The number of nitrogens with two attached hydrogens (primary N) is 1. The van der Waals surface area contributed by atoms with Crippen LogP contribution in [0.5, 0.6) is 0 Å². The highest BCUT2D eigenvalue weighted by molar-refractivity contribution is 8.00. The molecule has 1 aliphatic heterocycles. The number of halogens is 2. The molecule has 0 spiro atoms. The van der Waals surface area contributed by atoms with E-state index in [-0.39, 0.29) is 4.75 Å². The number of hydrogen-bond acceptors (Lipinski definition) is 3. The molecule has 2 rings (SSSR count). The van der Waals surface area contributed by atoms with Crippen molar-refractivity contribution in [1.29, 1.82) is 0 Å². The Bertz CT molecular complexity index is 425. The molecule has 0 radical (unpaired) electrons. The second kappa shape index (κ2) is 6.20. The van der Waals surface area contributed by atoms with Crippen LogP contribution < -0.4 is 5.73 Å². The lowest BCUT2D eigenvalue weighted by Crippen LogP contribution is -2.46. The largest absolute Gasteiger partial charge is 0.329 e. The van der Waals surface area contributed by atoms with Crippen LogP contribution in [0, 0.1) is 11.6 Å². The molecule has 0 atom stereocenters. The molecule has 1 aliphatic rings. The Labute approximate surface area is 117 Å². The van der Waals surface area contributed by atoms with E-state index in [1.54, 1.807) is 0 Å². The average Bonchev–Trinajstić information content (AvgIpc) is 2.43. The summed E-state index contributed by atoms with van der Waals surface area (Å²) in [4.78, 5) is 2.21. The van der Waals surface area contributed by atoms with Crippen molar-refractivity contribution in [2.75, 3.05) is 25.9 Å². The maximum Gasteiger partial charge on any atom is 0.130 e. The molecule has 1 saturated heterocycles. The van der Waals surface area contributed by atoms with Gasteiger partial charge in [-0.1, -0.05) is 6.07 Å². The summed E-state index contributed by atoms with van der Waals surface area (Å²) >= 11 is 1.83. The van der Waals surface area contributed by atoms with Gasteiger partial charge in [-0.05, 0) is 38.3 Å². The van der Waals surface area contributed by atoms with E-state index in [0.717, 1.165) is 32.0 Å². The predicted molar refractivity (Wildman–Crippen MR) is 76.2 cm³/mol. The minimum Gasteiger partial charge on any atom is -0.329 e. The Morgan fingerprint density at radius 2 is 2.00 bits per heavy atom. The zero-order chi connectivity index (χ0) is 13.9. The van der Waals surface area contributed by atoms with Gasteiger partial charge in [0.05, 0.1) is 0 Å². The topological polar surface area (TPSA) is 29.3 Å². The Hall–Kier alpha value is -0.650. The second-order valence-corrected chi connectivity index (χ2v) is 6.38. The second-order valence-electron chi connectivity index (χ2n) is 5.10. The highest BCUT2D eigenvalue weighted by Gasteiger charge is 2.32. The fourth-order valence-corrected chi connectivity index (χ4v) is 3.26. The molecule has 1 fully saturated rings. The van der Waals surface area contributed by atoms with Crippen LogP contribution in [-0.4, -0.2) is 35.5 Å². The first-order chi connectivity index (χ1) is 9.08. The van der Waals surface area contributed by atoms with Crippen molar-refractivity contribution in [2.45, 2.75) is 24.1 Å². The highest BCUT2D eigenvalue weighted by atomic mass is 32.2. The number of hydrogen-bond donors (Lipinski definition) is 1. The number of nitrogens with zero attached hydrogens (tertiary/aromatic N) is 1. The van der Waals surface area contributed by atoms with Gasteiger partial charge < -0.3 is 5.73 Å². The van der Waals surface area contributed by atoms with Crippen molar-refractivity contribution in [1.82, 2.24) is 4.90 Å². The van der Waals surface area contributed by atoms with Crippen LogP contribution >= 0.6 is 11.8 Å². The molecule has 106 valence electrons. The van der Waals surface area contributed by atoms with Gasteiger partial charge in [-0.15, -0.1) is 0 Å². The van der Waals surface area contributed by atoms with Crippen molar-refractivity contribution in [3.05, 3.63) is 35.4 Å². The van der Waals surface area contributed by atoms with Crippen LogP contribution in [0.4, 0.5) is 8.78 Å². The zero-order valence-electron chi connectivity index (χ0n) is 11.2. The minimum atomic E-state index is -0.524. The summed E-state index contributed by atoms with van der Waals surface area (Å²) in [5.41, 5.74) is 6.41. The monoisotopic (exact) mass is 286 g/mol. The molecule has 2 nitrogen and oxygen atoms in total. The normalized spacial score (nSPS) is 19.6. The van der Waals surface area contributed by atoms with Gasteiger partial charge in [-0.3, -0.25) is 4.90 Å². The van der Waals surface area contributed by atoms with Crippen molar-refractivity contribution in [3.63, 3.8) is 0 Å². The summed E-state index contributed by atoms with van der Waals surface area (Å²) in [6, 6.07) is 3.80. The quantitative estimate of drug-likeness (QED) is 0.922. The van der Waals surface area contributed by atoms with E-state index >= 15 is 0 Å². The van der Waals surface area contributed by atoms with Crippen molar-refractivity contribution in [2.24, 2.45) is 5.73 Å². The molecule has 0 unspecified atom stereocenters. The predicted octanol–water partition coefficient (Wildman–Crippen LogP) is 2.62. The van der Waals surface area contributed by atoms with Crippen LogP contribution in [0.2, 0.25) is 0 Å². The van der Waals surface area contributed by atoms with Gasteiger partial charge in [0, 0.05) is 29.5 Å². The first kappa shape index (κ1) is 14.8. The fraction of sp³-hybridized carbons (Fsp3) is 0.571. The van der Waals surface area contributed by atoms with E-state index in [0.29, 0.717) is 18.7 Å². The first-order valence-electron chi connectivity index (χ1n) is 6.50. The summed E-state index contributed by atoms with van der Waals surface area (Å²) in [7, 11) is 0. The van der Waals surface area contributed by atoms with Gasteiger partial charge in [-0.2, -0.15) is 11.8 Å². The molecule has 1 heterocycles. The molecule has 19 heavy (non-hydrogen) atoms. The van der Waals surface area contributed by atoms with E-state index in [1.807, 2.05) is 11.8 Å². The molecule has 0 aliphatic carbocycles. The molecule has 0 aromatic heterocycles. The standard InChI is InChI=1S/C14H20F2N2S/c1-19-14(10-17)4-6-18(7-5-14)9-11-2-3-12(15)8-13(11)16/h2-3,8H,4-7,9-10,17H2,1H3. The van der Waals surface area contributed by atoms with E-state index in [4.69, 9.17) is 5.73 Å². The molecule has 0 amide bonds. The van der Waals surface area contributed by atoms with Crippen molar-refractivity contribution in [3.8, 4) is 0 Å². The van der Waals surface area contributed by atoms with Gasteiger partial charge in [0.15, 0.2) is 0 Å². The maximum atomic E-state index is 13.6. The third-order valence-electron chi connectivity index (χ3n) is 3.98. The Balaban J connectivity index is 1.95. The SMILES string of the molecule is CSC1(CN)CCN(Cc2ccc(F)cc2F)CC1. The number of thioether (sulfide) groups is 1. The van der Waals surface area contributed by atoms with E-state index in [1.165, 1.54) is 12.1 Å². The molecule has 1 aromatic carbocycles. The van der Waals surface area contributed by atoms with Crippen LogP contribution in [0.3, 0.4) is 0 Å². The third kappa shape index (κ3) is 3.46. The lowest BCUT2D eigenvalue weighted by Gasteiger charge is -2.40. The van der Waals surface area contributed by atoms with E-state index in [2.05, 4.69) is 11.2 Å². The third-order valence-corrected chi connectivity index (χ3v) is 5.42. The molecule has 2 N–H and O–H groups in total. The van der Waals surface area contributed by atoms with Gasteiger partial charge in [-0.25, -0.2) is 8.78 Å². The van der Waals surface area contributed by atoms with Gasteiger partial charge >= 0.3 is 0 Å². The van der Waals surface area contributed by atoms with Crippen LogP contribution in [-0.2, 0) is 6.54 Å². The minimum absolute atomic E-state index is 0.178. The smallest absolute Gasteiger partial charge is 0.130 e. The summed E-state index contributed by atoms with van der Waals surface area (Å²) in [5, 5.41) is 0. The lowest BCUT2D eigenvalue weighted by molar-refractivity contribution is 0.193. The Morgan fingerprint density at radius 1 is 1.32 bits per heavy atom. The summed E-state index contributed by atoms with van der Waals surface area (Å²) in [5.74, 6) is -0.982. The van der Waals surface area contributed by atoms with E-state index in [9.17, 15) is 8.78 Å². The average molecular weight is 286 g/mol. The molecule has 5 heteroatoms. The lowest BCUT2D eigenvalue weighted by atomic mass is 9.95. The van der Waals surface area contributed by atoms with E-state index < -0.39 is 11.6 Å². The van der Waals surface area contributed by atoms with Gasteiger partial charge in [0.1, 0.15) is 11.6 Å². The molecule has 1 aromatic rings. The Kier molecular flexibility index (Phi) is 4.81. The van der Waals surface area contributed by atoms with Crippen LogP contribution in [0.25, 0.3) is 0 Å². The molecular formula is C14H20F2N2S. The summed E-state index contributed by atoms with van der Waals surface area (Å²) < 4.78 is 26.6. The Morgan fingerprint density at radius 3 is 2.53 bits per heavy atom. The molecule has 0 saturated carbocycles. The van der Waals surface area contributed by atoms with Crippen molar-refractivity contribution < 1.29 is 8.78 Å². The van der Waals surface area contributed by atoms with Gasteiger partial charge in [0.2, 0.25) is 0 Å². The molecular weight excluding hydrogens is 266 g/mol. The summed E-state index contributed by atoms with van der Waals surface area (Å²) in [6.45, 7) is 3.05. The first-order valence-corrected chi connectivity index (χ1v) is 7.72. The maximum absolute atomic E-state index is 13.6. The van der Waals surface area contributed by atoms with Crippen molar-refractivity contribution >= 4 is 11.8 Å². The zero-order valence-corrected chi connectivity index (χ0v) is 12.0. The fourth-order valence-electron chi connectivity index (χ4n) is 2.50. The molecule has 0 bridgehead atoms. The number of likely N-dealkylation sites (tertiary alicyclic amines) is 1. The van der Waals surface area contributed by atoms with Crippen LogP contribution in [0.15, 0.2) is 18.2 Å². The number of rotatable bonds is 4. The number of benzene rings is 1. The summed E-state index contributed by atoms with van der Waals surface area (Å²) in [6.07, 6.45) is 4.14. The number of piperidine rings is 1. The van der Waals surface area contributed by atoms with Gasteiger partial charge in [0.25, 0.3) is 0 Å².